The number of aryl methyl sites for hydroxylation is 1. The summed E-state index contributed by atoms with van der Waals surface area (Å²) in [5.41, 5.74) is 5.04. The number of nitrogens with zero attached hydrogens (tertiary/aromatic N) is 3. The molecule has 0 spiro atoms. The number of aromatic nitrogens is 3. The molecule has 6 heteroatoms. The molecule has 1 unspecified atom stereocenters. The molecule has 0 bridgehead atoms. The molecule has 0 saturated heterocycles. The lowest BCUT2D eigenvalue weighted by molar-refractivity contribution is -0.118. The van der Waals surface area contributed by atoms with Gasteiger partial charge in [0, 0.05) is 19.5 Å². The smallest absolute Gasteiger partial charge is 0.219 e. The fourth-order valence-corrected chi connectivity index (χ4v) is 1.03. The van der Waals surface area contributed by atoms with Crippen molar-refractivity contribution in [3.8, 4) is 0 Å². The molecule has 1 atom stereocenters. The predicted octanol–water partition coefficient (Wildman–Crippen LogP) is -0.509. The van der Waals surface area contributed by atoms with Crippen molar-refractivity contribution < 1.29 is 4.79 Å². The highest BCUT2D eigenvalue weighted by Gasteiger charge is 2.07. The first-order chi connectivity index (χ1) is 6.09. The summed E-state index contributed by atoms with van der Waals surface area (Å²) >= 11 is 0. The lowest BCUT2D eigenvalue weighted by Gasteiger charge is -2.11. The predicted molar refractivity (Wildman–Crippen MR) is 47.9 cm³/mol. The van der Waals surface area contributed by atoms with Gasteiger partial charge in [-0.1, -0.05) is 5.21 Å². The molecule has 1 amide bonds. The molecule has 1 rings (SSSR count). The van der Waals surface area contributed by atoms with E-state index in [0.717, 1.165) is 5.82 Å². The van der Waals surface area contributed by atoms with Crippen molar-refractivity contribution >= 4 is 11.7 Å². The van der Waals surface area contributed by atoms with Crippen molar-refractivity contribution in [2.45, 2.75) is 19.4 Å². The second-order valence-corrected chi connectivity index (χ2v) is 2.96. The third-order valence-corrected chi connectivity index (χ3v) is 1.62. The number of hydrogen-bond donors (Lipinski definition) is 2. The largest absolute Gasteiger partial charge is 0.370 e. The normalized spacial score (nSPS) is 12.5. The van der Waals surface area contributed by atoms with Gasteiger partial charge in [0.25, 0.3) is 0 Å². The Labute approximate surface area is 76.1 Å². The standard InChI is InChI=1S/C7H13N5O/c1-5(3-6(8)13)10-7-4-9-11-12(7)2/h4-5,10H,3H2,1-2H3,(H2,8,13). The van der Waals surface area contributed by atoms with Crippen LogP contribution >= 0.6 is 0 Å². The van der Waals surface area contributed by atoms with E-state index in [0.29, 0.717) is 6.42 Å². The first kappa shape index (κ1) is 9.50. The molecule has 1 aromatic rings. The van der Waals surface area contributed by atoms with Gasteiger partial charge in [0.1, 0.15) is 5.82 Å². The molecule has 0 aliphatic rings. The number of hydrogen-bond acceptors (Lipinski definition) is 4. The summed E-state index contributed by atoms with van der Waals surface area (Å²) < 4.78 is 1.59. The number of anilines is 1. The van der Waals surface area contributed by atoms with Crippen LogP contribution in [0.2, 0.25) is 0 Å². The van der Waals surface area contributed by atoms with Crippen molar-refractivity contribution in [1.29, 1.82) is 0 Å². The summed E-state index contributed by atoms with van der Waals surface area (Å²) in [6.45, 7) is 1.87. The molecule has 0 aliphatic carbocycles. The van der Waals surface area contributed by atoms with Crippen LogP contribution < -0.4 is 11.1 Å². The Bertz CT molecular complexity index is 295. The molecular formula is C7H13N5O. The Morgan fingerprint density at radius 3 is 3.00 bits per heavy atom. The molecule has 0 radical (unpaired) electrons. The van der Waals surface area contributed by atoms with E-state index in [1.165, 1.54) is 0 Å². The molecule has 0 aromatic carbocycles. The van der Waals surface area contributed by atoms with Crippen molar-refractivity contribution in [3.05, 3.63) is 6.20 Å². The maximum atomic E-state index is 10.6. The zero-order valence-electron chi connectivity index (χ0n) is 7.69. The third-order valence-electron chi connectivity index (χ3n) is 1.62. The van der Waals surface area contributed by atoms with Gasteiger partial charge in [-0.05, 0) is 6.92 Å². The highest BCUT2D eigenvalue weighted by atomic mass is 16.1. The first-order valence-electron chi connectivity index (χ1n) is 3.99. The highest BCUT2D eigenvalue weighted by molar-refractivity contribution is 5.74. The van der Waals surface area contributed by atoms with Crippen LogP contribution in [0.4, 0.5) is 5.82 Å². The van der Waals surface area contributed by atoms with Crippen LogP contribution in [0.25, 0.3) is 0 Å². The highest BCUT2D eigenvalue weighted by Crippen LogP contribution is 2.04. The van der Waals surface area contributed by atoms with E-state index < -0.39 is 0 Å². The van der Waals surface area contributed by atoms with Gasteiger partial charge >= 0.3 is 0 Å². The van der Waals surface area contributed by atoms with E-state index >= 15 is 0 Å². The lowest BCUT2D eigenvalue weighted by atomic mass is 10.2. The van der Waals surface area contributed by atoms with Crippen LogP contribution in [0.3, 0.4) is 0 Å². The summed E-state index contributed by atoms with van der Waals surface area (Å²) in [6.07, 6.45) is 1.89. The van der Waals surface area contributed by atoms with Crippen LogP contribution in [-0.2, 0) is 11.8 Å². The number of carbonyl (C=O) groups excluding carboxylic acids is 1. The molecule has 0 aliphatic heterocycles. The summed E-state index contributed by atoms with van der Waals surface area (Å²) in [5, 5.41) is 10.5. The van der Waals surface area contributed by atoms with Gasteiger partial charge in [-0.3, -0.25) is 4.79 Å². The van der Waals surface area contributed by atoms with Crippen LogP contribution in [0.5, 0.6) is 0 Å². The lowest BCUT2D eigenvalue weighted by Crippen LogP contribution is -2.24. The number of primary amides is 1. The Hall–Kier alpha value is -1.59. The van der Waals surface area contributed by atoms with E-state index in [1.807, 2.05) is 6.92 Å². The zero-order chi connectivity index (χ0) is 9.84. The van der Waals surface area contributed by atoms with Gasteiger partial charge in [0.2, 0.25) is 5.91 Å². The van der Waals surface area contributed by atoms with Crippen LogP contribution in [0.1, 0.15) is 13.3 Å². The van der Waals surface area contributed by atoms with Crippen molar-refractivity contribution in [3.63, 3.8) is 0 Å². The number of carbonyl (C=O) groups is 1. The zero-order valence-corrected chi connectivity index (χ0v) is 7.69. The van der Waals surface area contributed by atoms with E-state index in [9.17, 15) is 4.79 Å². The van der Waals surface area contributed by atoms with Crippen LogP contribution in [0.15, 0.2) is 6.20 Å². The van der Waals surface area contributed by atoms with E-state index in [1.54, 1.807) is 17.9 Å². The summed E-state index contributed by atoms with van der Waals surface area (Å²) in [7, 11) is 1.77. The molecule has 0 saturated carbocycles. The fourth-order valence-electron chi connectivity index (χ4n) is 1.03. The minimum absolute atomic E-state index is 0.00491. The Kier molecular flexibility index (Phi) is 2.84. The molecule has 3 N–H and O–H groups in total. The Morgan fingerprint density at radius 2 is 2.54 bits per heavy atom. The maximum Gasteiger partial charge on any atom is 0.219 e. The molecular weight excluding hydrogens is 170 g/mol. The van der Waals surface area contributed by atoms with E-state index in [-0.39, 0.29) is 11.9 Å². The molecule has 0 fully saturated rings. The van der Waals surface area contributed by atoms with Crippen molar-refractivity contribution in [2.75, 3.05) is 5.32 Å². The van der Waals surface area contributed by atoms with Crippen molar-refractivity contribution in [2.24, 2.45) is 12.8 Å². The Balaban J connectivity index is 2.49. The number of nitrogens with two attached hydrogens (primary N) is 1. The maximum absolute atomic E-state index is 10.6. The minimum atomic E-state index is -0.324. The van der Waals surface area contributed by atoms with Gasteiger partial charge in [-0.25, -0.2) is 4.68 Å². The third kappa shape index (κ3) is 2.73. The van der Waals surface area contributed by atoms with Gasteiger partial charge in [0.15, 0.2) is 0 Å². The van der Waals surface area contributed by atoms with Crippen LogP contribution in [-0.4, -0.2) is 26.9 Å². The molecule has 1 aromatic heterocycles. The second-order valence-electron chi connectivity index (χ2n) is 2.96. The minimum Gasteiger partial charge on any atom is -0.370 e. The Morgan fingerprint density at radius 1 is 1.85 bits per heavy atom. The molecule has 1 heterocycles. The van der Waals surface area contributed by atoms with Crippen molar-refractivity contribution in [1.82, 2.24) is 15.0 Å². The SMILES string of the molecule is CC(CC(N)=O)Nc1cnnn1C. The monoisotopic (exact) mass is 183 g/mol. The quantitative estimate of drug-likeness (QED) is 0.658. The van der Waals surface area contributed by atoms with Gasteiger partial charge in [-0.2, -0.15) is 0 Å². The van der Waals surface area contributed by atoms with E-state index in [4.69, 9.17) is 5.73 Å². The molecule has 72 valence electrons. The molecule has 13 heavy (non-hydrogen) atoms. The molecule has 6 nitrogen and oxygen atoms in total. The van der Waals surface area contributed by atoms with Gasteiger partial charge in [-0.15, -0.1) is 5.10 Å². The average Bonchev–Trinajstić information content (AvgIpc) is 2.34. The number of nitrogens with one attached hydrogen (secondary N) is 1. The second kappa shape index (κ2) is 3.88. The summed E-state index contributed by atoms with van der Waals surface area (Å²) in [5.74, 6) is 0.448. The number of amides is 1. The summed E-state index contributed by atoms with van der Waals surface area (Å²) in [4.78, 5) is 10.6. The first-order valence-corrected chi connectivity index (χ1v) is 3.99. The van der Waals surface area contributed by atoms with E-state index in [2.05, 4.69) is 15.6 Å². The topological polar surface area (TPSA) is 85.8 Å². The summed E-state index contributed by atoms with van der Waals surface area (Å²) in [6, 6.07) is -0.00491. The van der Waals surface area contributed by atoms with Gasteiger partial charge < -0.3 is 11.1 Å². The fraction of sp³-hybridized carbons (Fsp3) is 0.571. The number of rotatable bonds is 4. The average molecular weight is 183 g/mol. The van der Waals surface area contributed by atoms with Crippen LogP contribution in [0, 0.1) is 0 Å². The van der Waals surface area contributed by atoms with Gasteiger partial charge in [0.05, 0.1) is 6.20 Å².